The van der Waals surface area contributed by atoms with Crippen LogP contribution in [0.2, 0.25) is 0 Å². The van der Waals surface area contributed by atoms with Crippen LogP contribution in [-0.2, 0) is 20.7 Å². The Morgan fingerprint density at radius 2 is 2.05 bits per heavy atom. The average molecular weight is 266 g/mol. The van der Waals surface area contributed by atoms with Crippen molar-refractivity contribution in [1.82, 2.24) is 4.98 Å². The minimum absolute atomic E-state index is 0.0413. The van der Waals surface area contributed by atoms with Crippen LogP contribution in [0.4, 0.5) is 5.69 Å². The molecule has 1 aromatic rings. The lowest BCUT2D eigenvalue weighted by Gasteiger charge is -2.18. The van der Waals surface area contributed by atoms with Crippen molar-refractivity contribution >= 4 is 17.6 Å². The van der Waals surface area contributed by atoms with Gasteiger partial charge in [-0.05, 0) is 32.9 Å². The highest BCUT2D eigenvalue weighted by Crippen LogP contribution is 2.09. The van der Waals surface area contributed by atoms with E-state index in [0.717, 1.165) is 0 Å². The fourth-order valence-corrected chi connectivity index (χ4v) is 1.24. The summed E-state index contributed by atoms with van der Waals surface area (Å²) in [6.07, 6.45) is 1.29. The molecule has 0 aliphatic heterocycles. The number of pyridine rings is 1. The third-order valence-electron chi connectivity index (χ3n) is 2.08. The maximum atomic E-state index is 11.6. The Morgan fingerprint density at radius 3 is 2.53 bits per heavy atom. The van der Waals surface area contributed by atoms with Gasteiger partial charge in [0.2, 0.25) is 5.91 Å². The lowest BCUT2D eigenvalue weighted by atomic mass is 10.2. The van der Waals surface area contributed by atoms with E-state index >= 15 is 0 Å². The second-order valence-electron chi connectivity index (χ2n) is 5.06. The predicted molar refractivity (Wildman–Crippen MR) is 69.9 cm³/mol. The fourth-order valence-electron chi connectivity index (χ4n) is 1.24. The van der Waals surface area contributed by atoms with Crippen molar-refractivity contribution in [3.05, 3.63) is 24.0 Å². The third kappa shape index (κ3) is 6.52. The second kappa shape index (κ2) is 6.29. The van der Waals surface area contributed by atoms with Crippen LogP contribution in [0, 0.1) is 0 Å². The first kappa shape index (κ1) is 15.1. The molecule has 104 valence electrons. The van der Waals surface area contributed by atoms with E-state index in [1.165, 1.54) is 6.20 Å². The number of aliphatic carboxylic acids is 1. The maximum Gasteiger partial charge on any atom is 0.309 e. The number of carboxylic acid groups (broad SMARTS) is 1. The number of carbonyl (C=O) groups is 2. The van der Waals surface area contributed by atoms with Crippen molar-refractivity contribution in [3.8, 4) is 0 Å². The first-order chi connectivity index (χ1) is 8.76. The van der Waals surface area contributed by atoms with Crippen LogP contribution in [0.5, 0.6) is 0 Å². The number of hydrogen-bond donors (Lipinski definition) is 2. The van der Waals surface area contributed by atoms with Gasteiger partial charge in [0.1, 0.15) is 6.61 Å². The number of amides is 1. The van der Waals surface area contributed by atoms with Crippen molar-refractivity contribution in [2.24, 2.45) is 0 Å². The van der Waals surface area contributed by atoms with Gasteiger partial charge < -0.3 is 15.2 Å². The van der Waals surface area contributed by atoms with Crippen LogP contribution in [0.15, 0.2) is 18.3 Å². The topological polar surface area (TPSA) is 88.5 Å². The summed E-state index contributed by atoms with van der Waals surface area (Å²) >= 11 is 0. The Labute approximate surface area is 111 Å². The van der Waals surface area contributed by atoms with E-state index in [2.05, 4.69) is 10.3 Å². The normalized spacial score (nSPS) is 11.1. The van der Waals surface area contributed by atoms with Crippen LogP contribution >= 0.6 is 0 Å². The number of ether oxygens (including phenoxy) is 1. The summed E-state index contributed by atoms with van der Waals surface area (Å²) in [6, 6.07) is 3.18. The number of carboxylic acids is 1. The molecule has 0 fully saturated rings. The molecule has 0 saturated heterocycles. The molecule has 1 amide bonds. The van der Waals surface area contributed by atoms with Crippen molar-refractivity contribution in [2.45, 2.75) is 32.8 Å². The molecule has 0 aromatic carbocycles. The Bertz CT molecular complexity index is 449. The summed E-state index contributed by atoms with van der Waals surface area (Å²) in [5.74, 6) is -1.22. The first-order valence-corrected chi connectivity index (χ1v) is 5.87. The molecular formula is C13H18N2O4. The van der Waals surface area contributed by atoms with Gasteiger partial charge in [0.05, 0.1) is 29.6 Å². The fraction of sp³-hybridized carbons (Fsp3) is 0.462. The maximum absolute atomic E-state index is 11.6. The van der Waals surface area contributed by atoms with Crippen molar-refractivity contribution < 1.29 is 19.4 Å². The van der Waals surface area contributed by atoms with Gasteiger partial charge in [0, 0.05) is 0 Å². The molecule has 0 aliphatic carbocycles. The molecule has 2 N–H and O–H groups in total. The predicted octanol–water partition coefficient (Wildman–Crippen LogP) is 1.46. The highest BCUT2D eigenvalue weighted by Gasteiger charge is 2.13. The van der Waals surface area contributed by atoms with Gasteiger partial charge in [-0.25, -0.2) is 0 Å². The molecule has 0 bridgehead atoms. The standard InChI is InChI=1S/C13H18N2O4/c1-13(2,3)19-8-11(16)15-10-5-4-9(14-7-10)6-12(17)18/h4-5,7H,6,8H2,1-3H3,(H,15,16)(H,17,18). The average Bonchev–Trinajstić information content (AvgIpc) is 2.28. The number of hydrogen-bond acceptors (Lipinski definition) is 4. The molecule has 0 spiro atoms. The van der Waals surface area contributed by atoms with Gasteiger partial charge in [0.15, 0.2) is 0 Å². The molecule has 19 heavy (non-hydrogen) atoms. The van der Waals surface area contributed by atoms with E-state index in [1.807, 2.05) is 20.8 Å². The summed E-state index contributed by atoms with van der Waals surface area (Å²) < 4.78 is 5.33. The summed E-state index contributed by atoms with van der Waals surface area (Å²) in [5.41, 5.74) is 0.578. The zero-order valence-corrected chi connectivity index (χ0v) is 11.3. The highest BCUT2D eigenvalue weighted by atomic mass is 16.5. The molecule has 1 heterocycles. The number of nitrogens with one attached hydrogen (secondary N) is 1. The van der Waals surface area contributed by atoms with E-state index in [1.54, 1.807) is 12.1 Å². The van der Waals surface area contributed by atoms with Crippen LogP contribution < -0.4 is 5.32 Å². The molecule has 0 saturated carbocycles. The molecule has 0 atom stereocenters. The summed E-state index contributed by atoms with van der Waals surface area (Å²) in [5, 5.41) is 11.2. The minimum atomic E-state index is -0.942. The van der Waals surface area contributed by atoms with Crippen LogP contribution in [0.25, 0.3) is 0 Å². The molecular weight excluding hydrogens is 248 g/mol. The van der Waals surface area contributed by atoms with E-state index in [0.29, 0.717) is 11.4 Å². The molecule has 1 aromatic heterocycles. The number of carbonyl (C=O) groups excluding carboxylic acids is 1. The largest absolute Gasteiger partial charge is 0.481 e. The summed E-state index contributed by atoms with van der Waals surface area (Å²) in [6.45, 7) is 5.55. The van der Waals surface area contributed by atoms with Crippen molar-refractivity contribution in [2.75, 3.05) is 11.9 Å². The first-order valence-electron chi connectivity index (χ1n) is 5.87. The van der Waals surface area contributed by atoms with Crippen LogP contribution in [-0.4, -0.2) is 34.2 Å². The molecule has 6 nitrogen and oxygen atoms in total. The Hall–Kier alpha value is -1.95. The molecule has 0 unspecified atom stereocenters. The van der Waals surface area contributed by atoms with E-state index < -0.39 is 5.97 Å². The number of nitrogens with zero attached hydrogens (tertiary/aromatic N) is 1. The second-order valence-corrected chi connectivity index (χ2v) is 5.06. The summed E-state index contributed by atoms with van der Waals surface area (Å²) in [4.78, 5) is 26.0. The van der Waals surface area contributed by atoms with Gasteiger partial charge in [0.25, 0.3) is 0 Å². The Balaban J connectivity index is 2.49. The van der Waals surface area contributed by atoms with Gasteiger partial charge in [-0.15, -0.1) is 0 Å². The zero-order chi connectivity index (χ0) is 14.5. The monoisotopic (exact) mass is 266 g/mol. The minimum Gasteiger partial charge on any atom is -0.481 e. The van der Waals surface area contributed by atoms with Crippen LogP contribution in [0.1, 0.15) is 26.5 Å². The molecule has 0 aliphatic rings. The molecule has 6 heteroatoms. The smallest absolute Gasteiger partial charge is 0.309 e. The Morgan fingerprint density at radius 1 is 1.37 bits per heavy atom. The third-order valence-corrected chi connectivity index (χ3v) is 2.08. The number of anilines is 1. The lowest BCUT2D eigenvalue weighted by molar-refractivity contribution is -0.136. The van der Waals surface area contributed by atoms with Crippen molar-refractivity contribution in [3.63, 3.8) is 0 Å². The van der Waals surface area contributed by atoms with E-state index in [4.69, 9.17) is 9.84 Å². The van der Waals surface area contributed by atoms with Gasteiger partial charge in [-0.3, -0.25) is 14.6 Å². The van der Waals surface area contributed by atoms with Gasteiger partial charge >= 0.3 is 5.97 Å². The lowest BCUT2D eigenvalue weighted by Crippen LogP contribution is -2.27. The number of rotatable bonds is 5. The molecule has 0 radical (unpaired) electrons. The van der Waals surface area contributed by atoms with Gasteiger partial charge in [-0.1, -0.05) is 0 Å². The van der Waals surface area contributed by atoms with E-state index in [9.17, 15) is 9.59 Å². The zero-order valence-electron chi connectivity index (χ0n) is 11.3. The Kier molecular flexibility index (Phi) is 5.00. The quantitative estimate of drug-likeness (QED) is 0.842. The van der Waals surface area contributed by atoms with E-state index in [-0.39, 0.29) is 24.5 Å². The highest BCUT2D eigenvalue weighted by molar-refractivity contribution is 5.91. The SMILES string of the molecule is CC(C)(C)OCC(=O)Nc1ccc(CC(=O)O)nc1. The summed E-state index contributed by atoms with van der Waals surface area (Å²) in [7, 11) is 0. The van der Waals surface area contributed by atoms with Crippen LogP contribution in [0.3, 0.4) is 0 Å². The van der Waals surface area contributed by atoms with Gasteiger partial charge in [-0.2, -0.15) is 0 Å². The molecule has 1 rings (SSSR count). The van der Waals surface area contributed by atoms with Crippen molar-refractivity contribution in [1.29, 1.82) is 0 Å². The number of aromatic nitrogens is 1.